The van der Waals surface area contributed by atoms with Crippen LogP contribution in [0.4, 0.5) is 10.5 Å². The number of aryl methyl sites for hydroxylation is 1. The van der Waals surface area contributed by atoms with Gasteiger partial charge in [-0.25, -0.2) is 4.79 Å². The Balaban J connectivity index is 1.87. The van der Waals surface area contributed by atoms with Gasteiger partial charge in [-0.05, 0) is 49.3 Å². The summed E-state index contributed by atoms with van der Waals surface area (Å²) in [6.45, 7) is 6.17. The summed E-state index contributed by atoms with van der Waals surface area (Å²) in [5.41, 5.74) is 2.24. The maximum atomic E-state index is 12.2. The highest BCUT2D eigenvalue weighted by Crippen LogP contribution is 2.17. The molecule has 20 heavy (non-hydrogen) atoms. The van der Waals surface area contributed by atoms with Crippen LogP contribution in [0, 0.1) is 5.92 Å². The van der Waals surface area contributed by atoms with Gasteiger partial charge in [0.1, 0.15) is 0 Å². The fraction of sp³-hybridized carbons (Fsp3) is 0.588. The summed E-state index contributed by atoms with van der Waals surface area (Å²) in [7, 11) is 0. The Bertz CT molecular complexity index is 427. The van der Waals surface area contributed by atoms with Crippen LogP contribution in [-0.4, -0.2) is 24.0 Å². The molecule has 0 spiro atoms. The van der Waals surface area contributed by atoms with Crippen LogP contribution in [0.15, 0.2) is 24.3 Å². The Labute approximate surface area is 122 Å². The minimum atomic E-state index is 0.0397. The molecule has 1 aromatic rings. The van der Waals surface area contributed by atoms with E-state index >= 15 is 0 Å². The van der Waals surface area contributed by atoms with Crippen LogP contribution in [0.3, 0.4) is 0 Å². The zero-order chi connectivity index (χ0) is 14.4. The van der Waals surface area contributed by atoms with E-state index in [4.69, 9.17) is 0 Å². The molecule has 0 radical (unpaired) electrons. The second kappa shape index (κ2) is 7.32. The third kappa shape index (κ3) is 4.26. The van der Waals surface area contributed by atoms with Crippen LogP contribution < -0.4 is 5.32 Å². The normalized spacial score (nSPS) is 18.9. The van der Waals surface area contributed by atoms with Crippen molar-refractivity contribution in [3.05, 3.63) is 29.8 Å². The van der Waals surface area contributed by atoms with Gasteiger partial charge in [0.05, 0.1) is 0 Å². The van der Waals surface area contributed by atoms with Crippen molar-refractivity contribution in [3.8, 4) is 0 Å². The number of benzene rings is 1. The van der Waals surface area contributed by atoms with Gasteiger partial charge in [-0.2, -0.15) is 0 Å². The SMILES string of the molecule is CCCCc1ccc(NC(=O)N2CCC[C@H](C)C2)cc1. The largest absolute Gasteiger partial charge is 0.324 e. The van der Waals surface area contributed by atoms with Crippen molar-refractivity contribution in [2.45, 2.75) is 46.0 Å². The van der Waals surface area contributed by atoms with Gasteiger partial charge in [-0.1, -0.05) is 32.4 Å². The average molecular weight is 274 g/mol. The lowest BCUT2D eigenvalue weighted by atomic mass is 10.0. The van der Waals surface area contributed by atoms with Crippen molar-refractivity contribution in [1.82, 2.24) is 4.90 Å². The first-order valence-electron chi connectivity index (χ1n) is 7.84. The molecule has 2 amide bonds. The fourth-order valence-electron chi connectivity index (χ4n) is 2.71. The summed E-state index contributed by atoms with van der Waals surface area (Å²) in [5, 5.41) is 3.00. The molecular formula is C17H26N2O. The highest BCUT2D eigenvalue weighted by molar-refractivity contribution is 5.89. The minimum Gasteiger partial charge on any atom is -0.324 e. The molecular weight excluding hydrogens is 248 g/mol. The number of nitrogens with one attached hydrogen (secondary N) is 1. The van der Waals surface area contributed by atoms with Crippen LogP contribution >= 0.6 is 0 Å². The van der Waals surface area contributed by atoms with Gasteiger partial charge in [0.15, 0.2) is 0 Å². The van der Waals surface area contributed by atoms with Crippen LogP contribution in [0.2, 0.25) is 0 Å². The number of hydrogen-bond donors (Lipinski definition) is 1. The van der Waals surface area contributed by atoms with E-state index in [-0.39, 0.29) is 6.03 Å². The molecule has 3 nitrogen and oxygen atoms in total. The summed E-state index contributed by atoms with van der Waals surface area (Å²) < 4.78 is 0. The minimum absolute atomic E-state index is 0.0397. The molecule has 1 heterocycles. The van der Waals surface area contributed by atoms with Crippen molar-refractivity contribution >= 4 is 11.7 Å². The summed E-state index contributed by atoms with van der Waals surface area (Å²) in [6.07, 6.45) is 5.90. The second-order valence-electron chi connectivity index (χ2n) is 5.92. The first-order chi connectivity index (χ1) is 9.69. The molecule has 1 fully saturated rings. The number of carbonyl (C=O) groups is 1. The number of carbonyl (C=O) groups excluding carboxylic acids is 1. The van der Waals surface area contributed by atoms with Crippen LogP contribution in [0.5, 0.6) is 0 Å². The highest BCUT2D eigenvalue weighted by Gasteiger charge is 2.20. The number of urea groups is 1. The van der Waals surface area contributed by atoms with Gasteiger partial charge in [0.25, 0.3) is 0 Å². The topological polar surface area (TPSA) is 32.3 Å². The van der Waals surface area contributed by atoms with Crippen molar-refractivity contribution in [1.29, 1.82) is 0 Å². The lowest BCUT2D eigenvalue weighted by Crippen LogP contribution is -2.41. The number of piperidine rings is 1. The maximum Gasteiger partial charge on any atom is 0.321 e. The standard InChI is InChI=1S/C17H26N2O/c1-3-4-7-15-8-10-16(11-9-15)18-17(20)19-12-5-6-14(2)13-19/h8-11,14H,3-7,12-13H2,1-2H3,(H,18,20)/t14-/m0/s1. The molecule has 0 bridgehead atoms. The van der Waals surface area contributed by atoms with Gasteiger partial charge in [0.2, 0.25) is 0 Å². The van der Waals surface area contributed by atoms with E-state index in [1.165, 1.54) is 24.8 Å². The van der Waals surface area contributed by atoms with Crippen molar-refractivity contribution in [2.75, 3.05) is 18.4 Å². The Kier molecular flexibility index (Phi) is 5.45. The van der Waals surface area contributed by atoms with E-state index < -0.39 is 0 Å². The summed E-state index contributed by atoms with van der Waals surface area (Å²) in [6, 6.07) is 8.29. The van der Waals surface area contributed by atoms with Gasteiger partial charge < -0.3 is 10.2 Å². The molecule has 0 unspecified atom stereocenters. The van der Waals surface area contributed by atoms with Crippen LogP contribution in [0.25, 0.3) is 0 Å². The molecule has 1 atom stereocenters. The van der Waals surface area contributed by atoms with Crippen molar-refractivity contribution in [2.24, 2.45) is 5.92 Å². The summed E-state index contributed by atoms with van der Waals surface area (Å²) >= 11 is 0. The lowest BCUT2D eigenvalue weighted by molar-refractivity contribution is 0.182. The lowest BCUT2D eigenvalue weighted by Gasteiger charge is -2.30. The molecule has 110 valence electrons. The molecule has 1 saturated heterocycles. The molecule has 1 aliphatic rings. The van der Waals surface area contributed by atoms with Gasteiger partial charge in [0, 0.05) is 18.8 Å². The number of hydrogen-bond acceptors (Lipinski definition) is 1. The monoisotopic (exact) mass is 274 g/mol. The van der Waals surface area contributed by atoms with Crippen LogP contribution in [-0.2, 0) is 6.42 Å². The Morgan fingerprint density at radius 1 is 1.35 bits per heavy atom. The summed E-state index contributed by atoms with van der Waals surface area (Å²) in [5.74, 6) is 0.617. The highest BCUT2D eigenvalue weighted by atomic mass is 16.2. The number of amides is 2. The predicted molar refractivity (Wildman–Crippen MR) is 84.0 cm³/mol. The number of nitrogens with zero attached hydrogens (tertiary/aromatic N) is 1. The molecule has 0 saturated carbocycles. The first kappa shape index (κ1) is 14.9. The molecule has 2 rings (SSSR count). The smallest absolute Gasteiger partial charge is 0.321 e. The predicted octanol–water partition coefficient (Wildman–Crippen LogP) is 4.29. The number of unbranched alkanes of at least 4 members (excludes halogenated alkanes) is 1. The van der Waals surface area contributed by atoms with Crippen molar-refractivity contribution in [3.63, 3.8) is 0 Å². The Hall–Kier alpha value is -1.51. The van der Waals surface area contributed by atoms with E-state index in [0.717, 1.165) is 31.6 Å². The van der Waals surface area contributed by atoms with E-state index in [1.807, 2.05) is 17.0 Å². The number of rotatable bonds is 4. The van der Waals surface area contributed by atoms with Crippen molar-refractivity contribution < 1.29 is 4.79 Å². The van der Waals surface area contributed by atoms with E-state index in [1.54, 1.807) is 0 Å². The quantitative estimate of drug-likeness (QED) is 0.872. The molecule has 1 aliphatic heterocycles. The molecule has 0 aliphatic carbocycles. The first-order valence-corrected chi connectivity index (χ1v) is 7.84. The average Bonchev–Trinajstić information content (AvgIpc) is 2.46. The van der Waals surface area contributed by atoms with Gasteiger partial charge in [-0.3, -0.25) is 0 Å². The van der Waals surface area contributed by atoms with Crippen LogP contribution in [0.1, 0.15) is 45.1 Å². The zero-order valence-corrected chi connectivity index (χ0v) is 12.7. The second-order valence-corrected chi connectivity index (χ2v) is 5.92. The van der Waals surface area contributed by atoms with E-state index in [9.17, 15) is 4.79 Å². The molecule has 1 N–H and O–H groups in total. The Morgan fingerprint density at radius 3 is 2.75 bits per heavy atom. The molecule has 3 heteroatoms. The Morgan fingerprint density at radius 2 is 2.10 bits per heavy atom. The summed E-state index contributed by atoms with van der Waals surface area (Å²) in [4.78, 5) is 14.1. The zero-order valence-electron chi connectivity index (χ0n) is 12.7. The number of anilines is 1. The number of likely N-dealkylation sites (tertiary alicyclic amines) is 1. The van der Waals surface area contributed by atoms with E-state index in [2.05, 4.69) is 31.3 Å². The molecule has 1 aromatic carbocycles. The van der Waals surface area contributed by atoms with Gasteiger partial charge >= 0.3 is 6.03 Å². The van der Waals surface area contributed by atoms with E-state index in [0.29, 0.717) is 5.92 Å². The van der Waals surface area contributed by atoms with Gasteiger partial charge in [-0.15, -0.1) is 0 Å². The fourth-order valence-corrected chi connectivity index (χ4v) is 2.71. The maximum absolute atomic E-state index is 12.2. The third-order valence-corrected chi connectivity index (χ3v) is 3.97. The third-order valence-electron chi connectivity index (χ3n) is 3.97. The molecule has 0 aromatic heterocycles.